The molecule has 23 heavy (non-hydrogen) atoms. The van der Waals surface area contributed by atoms with Gasteiger partial charge in [0.1, 0.15) is 18.3 Å². The molecule has 1 saturated heterocycles. The molecule has 0 saturated carbocycles. The van der Waals surface area contributed by atoms with E-state index in [-0.39, 0.29) is 6.61 Å². The second kappa shape index (κ2) is 9.14. The smallest absolute Gasteiger partial charge is 0.303 e. The van der Waals surface area contributed by atoms with Crippen LogP contribution < -0.4 is 0 Å². The molecule has 0 aliphatic carbocycles. The van der Waals surface area contributed by atoms with Crippen LogP contribution in [0.2, 0.25) is 0 Å². The first-order chi connectivity index (χ1) is 10.8. The maximum Gasteiger partial charge on any atom is 0.303 e. The van der Waals surface area contributed by atoms with Gasteiger partial charge in [-0.1, -0.05) is 0 Å². The van der Waals surface area contributed by atoms with Crippen LogP contribution in [0.5, 0.6) is 0 Å². The maximum atomic E-state index is 11.4. The summed E-state index contributed by atoms with van der Waals surface area (Å²) < 4.78 is 31.4. The van der Waals surface area contributed by atoms with E-state index < -0.39 is 48.7 Å². The lowest BCUT2D eigenvalue weighted by Gasteiger charge is -2.44. The number of carbonyl (C=O) groups is 2. The Balaban J connectivity index is 3.11. The van der Waals surface area contributed by atoms with E-state index in [1.54, 1.807) is 0 Å². The van der Waals surface area contributed by atoms with Crippen LogP contribution in [-0.4, -0.2) is 81.8 Å². The van der Waals surface area contributed by atoms with Crippen molar-refractivity contribution in [3.8, 4) is 0 Å². The fourth-order valence-corrected chi connectivity index (χ4v) is 2.57. The number of carbonyl (C=O) groups excluding carboxylic acids is 2. The number of rotatable bonds is 7. The molecular weight excluding hydrogens is 312 g/mol. The van der Waals surface area contributed by atoms with Gasteiger partial charge in [0.05, 0.1) is 6.61 Å². The van der Waals surface area contributed by atoms with Crippen LogP contribution in [0.15, 0.2) is 0 Å². The minimum atomic E-state index is -1.35. The predicted molar refractivity (Wildman–Crippen MR) is 75.5 cm³/mol. The first kappa shape index (κ1) is 19.8. The molecule has 1 rings (SSSR count). The van der Waals surface area contributed by atoms with Gasteiger partial charge >= 0.3 is 11.9 Å². The number of ether oxygens (including phenoxy) is 6. The van der Waals surface area contributed by atoms with Crippen molar-refractivity contribution >= 4 is 11.9 Å². The van der Waals surface area contributed by atoms with Gasteiger partial charge in [0.25, 0.3) is 0 Å². The Labute approximate surface area is 134 Å². The average Bonchev–Trinajstić information content (AvgIpc) is 2.46. The minimum absolute atomic E-state index is 0.0111. The van der Waals surface area contributed by atoms with Crippen LogP contribution >= 0.6 is 0 Å². The molecular formula is C14H24O9. The lowest BCUT2D eigenvalue weighted by Crippen LogP contribution is -2.63. The summed E-state index contributed by atoms with van der Waals surface area (Å²) in [6, 6.07) is 0. The molecule has 0 aromatic heterocycles. The molecule has 0 bridgehead atoms. The van der Waals surface area contributed by atoms with Crippen LogP contribution in [0, 0.1) is 0 Å². The second-order valence-electron chi connectivity index (χ2n) is 5.07. The Hall–Kier alpha value is -1.26. The first-order valence-corrected chi connectivity index (χ1v) is 7.08. The van der Waals surface area contributed by atoms with Gasteiger partial charge in [-0.2, -0.15) is 0 Å². The summed E-state index contributed by atoms with van der Waals surface area (Å²) in [6.45, 7) is 2.45. The lowest BCUT2D eigenvalue weighted by atomic mass is 9.94. The van der Waals surface area contributed by atoms with E-state index in [1.807, 2.05) is 0 Å². The Morgan fingerprint density at radius 2 is 1.65 bits per heavy atom. The quantitative estimate of drug-likeness (QED) is 0.600. The Kier molecular flexibility index (Phi) is 7.86. The molecule has 0 aromatic carbocycles. The predicted octanol–water partition coefficient (Wildman–Crippen LogP) is -0.757. The fraction of sp³-hybridized carbons (Fsp3) is 0.857. The summed E-state index contributed by atoms with van der Waals surface area (Å²) in [7, 11) is 4.18. The van der Waals surface area contributed by atoms with Crippen molar-refractivity contribution in [1.29, 1.82) is 0 Å². The molecule has 1 aliphatic heterocycles. The zero-order chi connectivity index (χ0) is 17.6. The third-order valence-corrected chi connectivity index (χ3v) is 3.41. The van der Waals surface area contributed by atoms with Crippen molar-refractivity contribution in [1.82, 2.24) is 0 Å². The number of hydrogen-bond acceptors (Lipinski definition) is 9. The standard InChI is InChI=1S/C14H24O9/c1-7(15)21-9(6-18-3)10-12(22-8(2)16)11(19-4)13(20-5)14(17)23-10/h9-14,17H,6H2,1-5H3/t9-,10-,11+,12-,13-,14-/m1/s1. The highest BCUT2D eigenvalue weighted by Crippen LogP contribution is 2.29. The van der Waals surface area contributed by atoms with Crippen molar-refractivity contribution in [2.75, 3.05) is 27.9 Å². The maximum absolute atomic E-state index is 11.4. The normalized spacial score (nSPS) is 32.2. The van der Waals surface area contributed by atoms with Crippen LogP contribution in [0.3, 0.4) is 0 Å². The molecule has 1 fully saturated rings. The van der Waals surface area contributed by atoms with Crippen molar-refractivity contribution in [2.24, 2.45) is 0 Å². The molecule has 0 aromatic rings. The zero-order valence-corrected chi connectivity index (χ0v) is 13.9. The highest BCUT2D eigenvalue weighted by atomic mass is 16.7. The summed E-state index contributed by atoms with van der Waals surface area (Å²) in [5.41, 5.74) is 0. The summed E-state index contributed by atoms with van der Waals surface area (Å²) in [4.78, 5) is 22.7. The Morgan fingerprint density at radius 3 is 2.09 bits per heavy atom. The molecule has 1 aliphatic rings. The van der Waals surface area contributed by atoms with E-state index in [0.29, 0.717) is 0 Å². The third-order valence-electron chi connectivity index (χ3n) is 3.41. The van der Waals surface area contributed by atoms with Gasteiger partial charge in [-0.3, -0.25) is 9.59 Å². The number of aliphatic hydroxyl groups excluding tert-OH is 1. The number of esters is 2. The van der Waals surface area contributed by atoms with E-state index in [1.165, 1.54) is 35.2 Å². The van der Waals surface area contributed by atoms with Gasteiger partial charge in [-0.25, -0.2) is 0 Å². The van der Waals surface area contributed by atoms with Crippen LogP contribution in [-0.2, 0) is 38.0 Å². The molecule has 0 spiro atoms. The van der Waals surface area contributed by atoms with Crippen molar-refractivity contribution in [2.45, 2.75) is 50.7 Å². The third kappa shape index (κ3) is 5.11. The monoisotopic (exact) mass is 336 g/mol. The average molecular weight is 336 g/mol. The highest BCUT2D eigenvalue weighted by Gasteiger charge is 2.51. The summed E-state index contributed by atoms with van der Waals surface area (Å²) >= 11 is 0. The topological polar surface area (TPSA) is 110 Å². The first-order valence-electron chi connectivity index (χ1n) is 7.08. The lowest BCUT2D eigenvalue weighted by molar-refractivity contribution is -0.310. The number of hydrogen-bond donors (Lipinski definition) is 1. The molecule has 0 unspecified atom stereocenters. The summed E-state index contributed by atoms with van der Waals surface area (Å²) in [5, 5.41) is 10.1. The molecule has 0 amide bonds. The molecule has 134 valence electrons. The van der Waals surface area contributed by atoms with Crippen molar-refractivity contribution < 1.29 is 43.1 Å². The van der Waals surface area contributed by atoms with Crippen molar-refractivity contribution in [3.63, 3.8) is 0 Å². The van der Waals surface area contributed by atoms with E-state index >= 15 is 0 Å². The SMILES string of the molecule is COC[C@@H](OC(C)=O)[C@H]1O[C@@H](O)[C@H](OC)[C@@H](OC)[C@@H]1OC(C)=O. The van der Waals surface area contributed by atoms with E-state index in [4.69, 9.17) is 28.4 Å². The Morgan fingerprint density at radius 1 is 1.04 bits per heavy atom. The number of aliphatic hydroxyl groups is 1. The minimum Gasteiger partial charge on any atom is -0.457 e. The van der Waals surface area contributed by atoms with Gasteiger partial charge in [0.2, 0.25) is 0 Å². The largest absolute Gasteiger partial charge is 0.457 e. The molecule has 1 N–H and O–H groups in total. The van der Waals surface area contributed by atoms with Gasteiger partial charge in [-0.05, 0) is 0 Å². The summed E-state index contributed by atoms with van der Waals surface area (Å²) in [5.74, 6) is -1.13. The van der Waals surface area contributed by atoms with E-state index in [2.05, 4.69) is 0 Å². The van der Waals surface area contributed by atoms with Gasteiger partial charge in [-0.15, -0.1) is 0 Å². The number of methoxy groups -OCH3 is 3. The van der Waals surface area contributed by atoms with Crippen molar-refractivity contribution in [3.05, 3.63) is 0 Å². The second-order valence-corrected chi connectivity index (χ2v) is 5.07. The molecule has 6 atom stereocenters. The van der Waals surface area contributed by atoms with Gasteiger partial charge in [0, 0.05) is 35.2 Å². The van der Waals surface area contributed by atoms with Crippen LogP contribution in [0.25, 0.3) is 0 Å². The zero-order valence-electron chi connectivity index (χ0n) is 13.9. The van der Waals surface area contributed by atoms with Crippen LogP contribution in [0.4, 0.5) is 0 Å². The van der Waals surface area contributed by atoms with Gasteiger partial charge < -0.3 is 33.5 Å². The molecule has 1 heterocycles. The molecule has 0 radical (unpaired) electrons. The fourth-order valence-electron chi connectivity index (χ4n) is 2.57. The molecule has 9 nitrogen and oxygen atoms in total. The summed E-state index contributed by atoms with van der Waals surface area (Å²) in [6.07, 6.45) is -5.86. The van der Waals surface area contributed by atoms with Crippen LogP contribution in [0.1, 0.15) is 13.8 Å². The Bertz CT molecular complexity index is 400. The van der Waals surface area contributed by atoms with E-state index in [9.17, 15) is 14.7 Å². The molecule has 9 heteroatoms. The van der Waals surface area contributed by atoms with E-state index in [0.717, 1.165) is 0 Å². The highest BCUT2D eigenvalue weighted by molar-refractivity contribution is 5.67. The van der Waals surface area contributed by atoms with Gasteiger partial charge in [0.15, 0.2) is 18.5 Å².